The van der Waals surface area contributed by atoms with Crippen molar-refractivity contribution in [3.63, 3.8) is 0 Å². The van der Waals surface area contributed by atoms with Crippen molar-refractivity contribution in [1.29, 1.82) is 0 Å². The van der Waals surface area contributed by atoms with Crippen molar-refractivity contribution in [2.45, 2.75) is 6.92 Å². The largest absolute Gasteiger partial charge is 0.298 e. The van der Waals surface area contributed by atoms with Crippen LogP contribution in [-0.4, -0.2) is 35.3 Å². The number of carbonyl (C=O) groups excluding carboxylic acids is 1. The van der Waals surface area contributed by atoms with Crippen molar-refractivity contribution in [3.8, 4) is 11.1 Å². The molecule has 0 aliphatic heterocycles. The summed E-state index contributed by atoms with van der Waals surface area (Å²) in [4.78, 5) is 21.5. The van der Waals surface area contributed by atoms with E-state index in [1.54, 1.807) is 4.52 Å². The number of hydrogen-bond donors (Lipinski definition) is 1. The molecule has 0 bridgehead atoms. The van der Waals surface area contributed by atoms with Gasteiger partial charge in [0.15, 0.2) is 10.8 Å². The van der Waals surface area contributed by atoms with E-state index in [0.29, 0.717) is 16.3 Å². The van der Waals surface area contributed by atoms with E-state index in [-0.39, 0.29) is 5.91 Å². The topological polar surface area (TPSA) is 90.0 Å². The van der Waals surface area contributed by atoms with Gasteiger partial charge in [-0.3, -0.25) is 14.8 Å². The molecular formula is C19H15N7OS. The zero-order chi connectivity index (χ0) is 19.3. The fourth-order valence-corrected chi connectivity index (χ4v) is 3.97. The smallest absolute Gasteiger partial charge is 0.261 e. The van der Waals surface area contributed by atoms with Crippen LogP contribution >= 0.6 is 11.3 Å². The minimum atomic E-state index is -0.272. The lowest BCUT2D eigenvalue weighted by Crippen LogP contribution is -2.14. The van der Waals surface area contributed by atoms with Gasteiger partial charge in [0.25, 0.3) is 5.91 Å². The Balaban J connectivity index is 1.67. The monoisotopic (exact) mass is 389 g/mol. The molecule has 5 rings (SSSR count). The van der Waals surface area contributed by atoms with E-state index in [1.165, 1.54) is 17.7 Å². The number of thiazole rings is 1. The summed E-state index contributed by atoms with van der Waals surface area (Å²) in [6, 6.07) is 7.83. The number of aromatic nitrogens is 6. The molecule has 5 aromatic rings. The van der Waals surface area contributed by atoms with Crippen molar-refractivity contribution >= 4 is 38.9 Å². The Morgan fingerprint density at radius 2 is 2.14 bits per heavy atom. The number of nitrogens with zero attached hydrogens (tertiary/aromatic N) is 6. The van der Waals surface area contributed by atoms with Crippen LogP contribution in [0.2, 0.25) is 0 Å². The molecule has 28 heavy (non-hydrogen) atoms. The zero-order valence-electron chi connectivity index (χ0n) is 15.1. The molecule has 0 unspecified atom stereocenters. The molecule has 0 atom stereocenters. The highest BCUT2D eigenvalue weighted by Gasteiger charge is 2.18. The van der Waals surface area contributed by atoms with Gasteiger partial charge >= 0.3 is 0 Å². The second-order valence-electron chi connectivity index (χ2n) is 6.43. The Morgan fingerprint density at radius 3 is 2.96 bits per heavy atom. The van der Waals surface area contributed by atoms with Gasteiger partial charge in [0.1, 0.15) is 6.33 Å². The first kappa shape index (κ1) is 16.6. The normalized spacial score (nSPS) is 11.4. The number of para-hydroxylation sites is 1. The molecule has 1 amide bonds. The van der Waals surface area contributed by atoms with Gasteiger partial charge in [-0.25, -0.2) is 14.5 Å². The van der Waals surface area contributed by atoms with E-state index in [0.717, 1.165) is 27.7 Å². The highest BCUT2D eigenvalue weighted by atomic mass is 32.1. The summed E-state index contributed by atoms with van der Waals surface area (Å²) >= 11 is 1.39. The van der Waals surface area contributed by atoms with E-state index in [4.69, 9.17) is 0 Å². The van der Waals surface area contributed by atoms with Gasteiger partial charge < -0.3 is 0 Å². The number of rotatable bonds is 3. The van der Waals surface area contributed by atoms with Crippen molar-refractivity contribution in [1.82, 2.24) is 29.4 Å². The van der Waals surface area contributed by atoms with Crippen LogP contribution in [0.5, 0.6) is 0 Å². The number of carbonyl (C=O) groups is 1. The van der Waals surface area contributed by atoms with Crippen LogP contribution in [0.1, 0.15) is 16.1 Å². The molecule has 1 aromatic carbocycles. The highest BCUT2D eigenvalue weighted by molar-refractivity contribution is 7.13. The lowest BCUT2D eigenvalue weighted by Gasteiger charge is -2.09. The number of nitrogens with one attached hydrogen (secondary N) is 1. The summed E-state index contributed by atoms with van der Waals surface area (Å²) in [5.41, 5.74) is 4.60. The minimum Gasteiger partial charge on any atom is -0.298 e. The third-order valence-electron chi connectivity index (χ3n) is 4.53. The molecule has 9 heteroatoms. The Hall–Kier alpha value is -3.59. The van der Waals surface area contributed by atoms with Crippen LogP contribution in [0, 0.1) is 6.92 Å². The van der Waals surface area contributed by atoms with Crippen molar-refractivity contribution < 1.29 is 4.79 Å². The van der Waals surface area contributed by atoms with Gasteiger partial charge in [0.2, 0.25) is 0 Å². The summed E-state index contributed by atoms with van der Waals surface area (Å²) < 4.78 is 3.45. The third kappa shape index (κ3) is 2.64. The van der Waals surface area contributed by atoms with E-state index >= 15 is 0 Å². The molecule has 0 spiro atoms. The maximum absolute atomic E-state index is 13.0. The Labute approximate surface area is 163 Å². The van der Waals surface area contributed by atoms with Gasteiger partial charge in [-0.15, -0.1) is 11.3 Å². The first-order valence-electron chi connectivity index (χ1n) is 8.58. The predicted molar refractivity (Wildman–Crippen MR) is 107 cm³/mol. The number of hydrogen-bond acceptors (Lipinski definition) is 6. The van der Waals surface area contributed by atoms with E-state index in [2.05, 4.69) is 25.5 Å². The fourth-order valence-electron chi connectivity index (χ4n) is 3.28. The van der Waals surface area contributed by atoms with Gasteiger partial charge in [-0.05, 0) is 13.0 Å². The molecule has 0 radical (unpaired) electrons. The SMILES string of the molecule is Cc1csc(NC(=O)c2cc(-c3cccc4cnn(C)c34)cn3ncnc23)n1. The summed E-state index contributed by atoms with van der Waals surface area (Å²) in [5.74, 6) is -0.272. The molecular weight excluding hydrogens is 374 g/mol. The summed E-state index contributed by atoms with van der Waals surface area (Å²) in [6.45, 7) is 1.89. The van der Waals surface area contributed by atoms with Gasteiger partial charge in [0.05, 0.1) is 23.0 Å². The quantitative estimate of drug-likeness (QED) is 0.511. The number of benzene rings is 1. The Morgan fingerprint density at radius 1 is 1.25 bits per heavy atom. The van der Waals surface area contributed by atoms with Crippen LogP contribution in [0.3, 0.4) is 0 Å². The lowest BCUT2D eigenvalue weighted by atomic mass is 10.0. The number of amides is 1. The third-order valence-corrected chi connectivity index (χ3v) is 5.41. The first-order chi connectivity index (χ1) is 13.6. The molecule has 4 heterocycles. The second-order valence-corrected chi connectivity index (χ2v) is 7.29. The van der Waals surface area contributed by atoms with Crippen LogP contribution in [0.25, 0.3) is 27.7 Å². The van der Waals surface area contributed by atoms with Gasteiger partial charge in [-0.2, -0.15) is 10.2 Å². The van der Waals surface area contributed by atoms with Crippen molar-refractivity contribution in [3.05, 3.63) is 59.6 Å². The molecule has 0 aliphatic rings. The molecule has 0 saturated heterocycles. The standard InChI is InChI=1S/C19H15N7OS/c1-11-9-28-19(23-11)24-18(27)15-6-13(8-26-17(15)20-10-22-26)14-5-3-4-12-7-21-25(2)16(12)14/h3-10H,1-2H3,(H,23,24,27). The van der Waals surface area contributed by atoms with E-state index in [9.17, 15) is 4.79 Å². The maximum atomic E-state index is 13.0. The molecule has 0 saturated carbocycles. The van der Waals surface area contributed by atoms with E-state index in [1.807, 2.05) is 60.7 Å². The Bertz CT molecular complexity index is 1350. The minimum absolute atomic E-state index is 0.272. The van der Waals surface area contributed by atoms with Crippen LogP contribution < -0.4 is 5.32 Å². The lowest BCUT2D eigenvalue weighted by molar-refractivity contribution is 0.102. The molecule has 138 valence electrons. The Kier molecular flexibility index (Phi) is 3.69. The fraction of sp³-hybridized carbons (Fsp3) is 0.105. The van der Waals surface area contributed by atoms with Crippen LogP contribution in [0.4, 0.5) is 5.13 Å². The number of anilines is 1. The molecule has 0 fully saturated rings. The molecule has 4 aromatic heterocycles. The number of aryl methyl sites for hydroxylation is 2. The highest BCUT2D eigenvalue weighted by Crippen LogP contribution is 2.30. The number of pyridine rings is 1. The second kappa shape index (κ2) is 6.24. The van der Waals surface area contributed by atoms with E-state index < -0.39 is 0 Å². The number of fused-ring (bicyclic) bond motifs is 2. The first-order valence-corrected chi connectivity index (χ1v) is 9.46. The average Bonchev–Trinajstić information content (AvgIpc) is 3.41. The summed E-state index contributed by atoms with van der Waals surface area (Å²) in [7, 11) is 1.90. The van der Waals surface area contributed by atoms with Crippen LogP contribution in [-0.2, 0) is 7.05 Å². The van der Waals surface area contributed by atoms with Crippen LogP contribution in [0.15, 0.2) is 48.4 Å². The van der Waals surface area contributed by atoms with Gasteiger partial charge in [-0.1, -0.05) is 18.2 Å². The molecule has 0 aliphatic carbocycles. The maximum Gasteiger partial charge on any atom is 0.261 e. The van der Waals surface area contributed by atoms with Crippen molar-refractivity contribution in [2.24, 2.45) is 7.05 Å². The zero-order valence-corrected chi connectivity index (χ0v) is 15.9. The average molecular weight is 389 g/mol. The van der Waals surface area contributed by atoms with Crippen molar-refractivity contribution in [2.75, 3.05) is 5.32 Å². The molecule has 8 nitrogen and oxygen atoms in total. The molecule has 1 N–H and O–H groups in total. The summed E-state index contributed by atoms with van der Waals surface area (Å²) in [5, 5.41) is 14.9. The van der Waals surface area contributed by atoms with Gasteiger partial charge in [0, 0.05) is 35.1 Å². The summed E-state index contributed by atoms with van der Waals surface area (Å²) in [6.07, 6.45) is 5.13. The predicted octanol–water partition coefficient (Wildman–Crippen LogP) is 3.30.